The van der Waals surface area contributed by atoms with E-state index < -0.39 is 10.8 Å². The van der Waals surface area contributed by atoms with Crippen LogP contribution >= 0.6 is 0 Å². The molecule has 0 amide bonds. The van der Waals surface area contributed by atoms with Crippen molar-refractivity contribution < 1.29 is 4.21 Å². The average molecular weight is 194 g/mol. The largest absolute Gasteiger partial charge is 0.398 e. The molecule has 0 fully saturated rings. The Morgan fingerprint density at radius 1 is 1.62 bits per heavy atom. The van der Waals surface area contributed by atoms with Gasteiger partial charge in [-0.1, -0.05) is 12.1 Å². The molecule has 1 aromatic rings. The van der Waals surface area contributed by atoms with E-state index >= 15 is 0 Å². The molecule has 0 aliphatic rings. The Morgan fingerprint density at radius 3 is 2.92 bits per heavy atom. The standard InChI is InChI=1S/C9H10N2OS/c1-7-3-2-4-8(9(7)11)13(12)6-5-10/h2-4H,6,11H2,1H3. The first kappa shape index (κ1) is 9.75. The monoisotopic (exact) mass is 194 g/mol. The van der Waals surface area contributed by atoms with Crippen LogP contribution in [0, 0.1) is 18.3 Å². The molecule has 3 nitrogen and oxygen atoms in total. The number of anilines is 1. The Bertz CT molecular complexity index is 382. The lowest BCUT2D eigenvalue weighted by Crippen LogP contribution is -2.01. The highest BCUT2D eigenvalue weighted by atomic mass is 32.2. The Morgan fingerprint density at radius 2 is 2.31 bits per heavy atom. The van der Waals surface area contributed by atoms with Crippen molar-refractivity contribution >= 4 is 16.5 Å². The maximum absolute atomic E-state index is 11.4. The molecule has 1 rings (SSSR count). The number of nitrogen functional groups attached to an aromatic ring is 1. The third kappa shape index (κ3) is 2.07. The van der Waals surface area contributed by atoms with Crippen molar-refractivity contribution in [1.29, 1.82) is 5.26 Å². The van der Waals surface area contributed by atoms with Crippen LogP contribution in [-0.2, 0) is 10.8 Å². The van der Waals surface area contributed by atoms with Crippen molar-refractivity contribution in [3.05, 3.63) is 23.8 Å². The van der Waals surface area contributed by atoms with Crippen molar-refractivity contribution in [3.63, 3.8) is 0 Å². The molecule has 2 N–H and O–H groups in total. The highest BCUT2D eigenvalue weighted by Crippen LogP contribution is 2.19. The van der Waals surface area contributed by atoms with Gasteiger partial charge in [0.15, 0.2) is 0 Å². The number of nitrogens with zero attached hydrogens (tertiary/aromatic N) is 1. The number of hydrogen-bond donors (Lipinski definition) is 1. The van der Waals surface area contributed by atoms with Crippen LogP contribution in [0.5, 0.6) is 0 Å². The predicted octanol–water partition coefficient (Wildman–Crippen LogP) is 1.21. The summed E-state index contributed by atoms with van der Waals surface area (Å²) in [7, 11) is -1.29. The molecule has 0 aliphatic carbocycles. The zero-order chi connectivity index (χ0) is 9.84. The number of rotatable bonds is 2. The summed E-state index contributed by atoms with van der Waals surface area (Å²) in [5, 5.41) is 8.37. The number of nitrogens with two attached hydrogens (primary N) is 1. The van der Waals surface area contributed by atoms with Crippen molar-refractivity contribution in [3.8, 4) is 6.07 Å². The number of para-hydroxylation sites is 1. The lowest BCUT2D eigenvalue weighted by molar-refractivity contribution is 0.685. The molecule has 4 heteroatoms. The summed E-state index contributed by atoms with van der Waals surface area (Å²) < 4.78 is 11.4. The van der Waals surface area contributed by atoms with Crippen molar-refractivity contribution in [2.75, 3.05) is 11.5 Å². The van der Waals surface area contributed by atoms with Crippen molar-refractivity contribution in [2.24, 2.45) is 0 Å². The van der Waals surface area contributed by atoms with Gasteiger partial charge in [0.1, 0.15) is 5.75 Å². The van der Waals surface area contributed by atoms with E-state index in [-0.39, 0.29) is 5.75 Å². The fourth-order valence-electron chi connectivity index (χ4n) is 0.989. The Hall–Kier alpha value is -1.34. The van der Waals surface area contributed by atoms with E-state index in [1.807, 2.05) is 19.1 Å². The Kier molecular flexibility index (Phi) is 3.04. The van der Waals surface area contributed by atoms with Crippen LogP contribution in [0.15, 0.2) is 23.1 Å². The van der Waals surface area contributed by atoms with E-state index in [0.29, 0.717) is 10.6 Å². The van der Waals surface area contributed by atoms with Gasteiger partial charge in [0, 0.05) is 0 Å². The van der Waals surface area contributed by atoms with Gasteiger partial charge in [-0.3, -0.25) is 4.21 Å². The predicted molar refractivity (Wildman–Crippen MR) is 52.5 cm³/mol. The van der Waals surface area contributed by atoms with E-state index in [1.54, 1.807) is 12.1 Å². The quantitative estimate of drug-likeness (QED) is 0.719. The molecule has 0 saturated carbocycles. The van der Waals surface area contributed by atoms with E-state index in [4.69, 9.17) is 11.0 Å². The van der Waals surface area contributed by atoms with Gasteiger partial charge in [0.2, 0.25) is 0 Å². The highest BCUT2D eigenvalue weighted by molar-refractivity contribution is 7.85. The smallest absolute Gasteiger partial charge is 0.115 e. The zero-order valence-corrected chi connectivity index (χ0v) is 8.10. The minimum absolute atomic E-state index is 0.00630. The van der Waals surface area contributed by atoms with Crippen LogP contribution < -0.4 is 5.73 Å². The van der Waals surface area contributed by atoms with Gasteiger partial charge in [0.05, 0.1) is 27.5 Å². The third-order valence-corrected chi connectivity index (χ3v) is 2.96. The molecule has 0 bridgehead atoms. The van der Waals surface area contributed by atoms with Crippen LogP contribution in [-0.4, -0.2) is 9.96 Å². The molecule has 13 heavy (non-hydrogen) atoms. The van der Waals surface area contributed by atoms with Crippen LogP contribution in [0.4, 0.5) is 5.69 Å². The fraction of sp³-hybridized carbons (Fsp3) is 0.222. The number of hydrogen-bond acceptors (Lipinski definition) is 3. The topological polar surface area (TPSA) is 66.9 Å². The summed E-state index contributed by atoms with van der Waals surface area (Å²) in [6.07, 6.45) is 0. The molecule has 0 radical (unpaired) electrons. The van der Waals surface area contributed by atoms with Gasteiger partial charge in [-0.15, -0.1) is 0 Å². The summed E-state index contributed by atoms with van der Waals surface area (Å²) in [5.41, 5.74) is 7.13. The molecule has 0 aliphatic heterocycles. The van der Waals surface area contributed by atoms with Crippen LogP contribution in [0.2, 0.25) is 0 Å². The van der Waals surface area contributed by atoms with Crippen molar-refractivity contribution in [2.45, 2.75) is 11.8 Å². The third-order valence-electron chi connectivity index (χ3n) is 1.73. The lowest BCUT2D eigenvalue weighted by atomic mass is 10.2. The maximum Gasteiger partial charge on any atom is 0.115 e. The number of aryl methyl sites for hydroxylation is 1. The van der Waals surface area contributed by atoms with Gasteiger partial charge in [0.25, 0.3) is 0 Å². The van der Waals surface area contributed by atoms with Gasteiger partial charge in [-0.05, 0) is 18.6 Å². The summed E-state index contributed by atoms with van der Waals surface area (Å²) in [4.78, 5) is 0.557. The van der Waals surface area contributed by atoms with Crippen LogP contribution in [0.25, 0.3) is 0 Å². The minimum atomic E-state index is -1.29. The summed E-state index contributed by atoms with van der Waals surface area (Å²) >= 11 is 0. The summed E-state index contributed by atoms with van der Waals surface area (Å²) in [5.74, 6) is -0.00630. The molecule has 0 saturated heterocycles. The SMILES string of the molecule is Cc1cccc(S(=O)CC#N)c1N. The summed E-state index contributed by atoms with van der Waals surface area (Å²) in [6, 6.07) is 7.18. The van der Waals surface area contributed by atoms with Crippen molar-refractivity contribution in [1.82, 2.24) is 0 Å². The molecule has 1 aromatic carbocycles. The second-order valence-electron chi connectivity index (χ2n) is 2.63. The van der Waals surface area contributed by atoms with Crippen LogP contribution in [0.3, 0.4) is 0 Å². The second kappa shape index (κ2) is 4.06. The highest BCUT2D eigenvalue weighted by Gasteiger charge is 2.07. The Labute approximate surface area is 79.6 Å². The Balaban J connectivity index is 3.09. The first-order valence-corrected chi connectivity index (χ1v) is 5.09. The average Bonchev–Trinajstić information content (AvgIpc) is 2.10. The van der Waals surface area contributed by atoms with E-state index in [0.717, 1.165) is 5.56 Å². The first-order chi connectivity index (χ1) is 6.16. The maximum atomic E-state index is 11.4. The number of nitriles is 1. The molecule has 0 heterocycles. The molecular formula is C9H10N2OS. The lowest BCUT2D eigenvalue weighted by Gasteiger charge is -2.05. The van der Waals surface area contributed by atoms with Gasteiger partial charge in [-0.25, -0.2) is 0 Å². The minimum Gasteiger partial charge on any atom is -0.398 e. The summed E-state index contributed by atoms with van der Waals surface area (Å²) in [6.45, 7) is 1.85. The molecule has 0 aromatic heterocycles. The van der Waals surface area contributed by atoms with Crippen LogP contribution in [0.1, 0.15) is 5.56 Å². The second-order valence-corrected chi connectivity index (χ2v) is 4.05. The molecule has 0 spiro atoms. The molecule has 1 unspecified atom stereocenters. The molecular weight excluding hydrogens is 184 g/mol. The molecule has 68 valence electrons. The van der Waals surface area contributed by atoms with Gasteiger partial charge >= 0.3 is 0 Å². The zero-order valence-electron chi connectivity index (χ0n) is 7.28. The van der Waals surface area contributed by atoms with E-state index in [2.05, 4.69) is 0 Å². The van der Waals surface area contributed by atoms with E-state index in [9.17, 15) is 4.21 Å². The fourth-order valence-corrected chi connectivity index (χ4v) is 1.90. The number of benzene rings is 1. The van der Waals surface area contributed by atoms with Gasteiger partial charge in [-0.2, -0.15) is 5.26 Å². The van der Waals surface area contributed by atoms with E-state index in [1.165, 1.54) is 0 Å². The normalized spacial score (nSPS) is 12.0. The molecule has 1 atom stereocenters. The van der Waals surface area contributed by atoms with Gasteiger partial charge < -0.3 is 5.73 Å². The first-order valence-electron chi connectivity index (χ1n) is 3.77.